The van der Waals surface area contributed by atoms with Gasteiger partial charge in [-0.25, -0.2) is 0 Å². The normalized spacial score (nSPS) is 12.2. The standard InChI is InChI=1S/C12H16O2/c1-4-14-11-7-5-10(6-8-11)12(13)9(2)3/h5-8,12-13H,2,4H2,1,3H3. The van der Waals surface area contributed by atoms with Gasteiger partial charge in [-0.15, -0.1) is 0 Å². The first-order valence-electron chi connectivity index (χ1n) is 4.71. The van der Waals surface area contributed by atoms with Gasteiger partial charge in [-0.05, 0) is 37.1 Å². The quantitative estimate of drug-likeness (QED) is 0.743. The van der Waals surface area contributed by atoms with Crippen molar-refractivity contribution < 1.29 is 9.84 Å². The highest BCUT2D eigenvalue weighted by atomic mass is 16.5. The Labute approximate surface area is 84.8 Å². The zero-order chi connectivity index (χ0) is 10.6. The summed E-state index contributed by atoms with van der Waals surface area (Å²) in [5, 5.41) is 9.68. The van der Waals surface area contributed by atoms with Crippen LogP contribution in [0.4, 0.5) is 0 Å². The van der Waals surface area contributed by atoms with Crippen LogP contribution in [0.15, 0.2) is 36.4 Å². The van der Waals surface area contributed by atoms with E-state index < -0.39 is 6.10 Å². The monoisotopic (exact) mass is 192 g/mol. The van der Waals surface area contributed by atoms with Gasteiger partial charge in [0, 0.05) is 0 Å². The van der Waals surface area contributed by atoms with Crippen LogP contribution in [0.1, 0.15) is 25.5 Å². The molecule has 0 aliphatic carbocycles. The van der Waals surface area contributed by atoms with Crippen molar-refractivity contribution in [2.45, 2.75) is 20.0 Å². The Bertz CT molecular complexity index is 301. The third-order valence-electron chi connectivity index (χ3n) is 1.97. The Kier molecular flexibility index (Phi) is 3.72. The molecule has 1 atom stereocenters. The van der Waals surface area contributed by atoms with Crippen molar-refractivity contribution in [3.05, 3.63) is 42.0 Å². The van der Waals surface area contributed by atoms with E-state index in [1.807, 2.05) is 31.2 Å². The molecule has 0 fully saturated rings. The minimum Gasteiger partial charge on any atom is -0.494 e. The zero-order valence-corrected chi connectivity index (χ0v) is 8.66. The number of aliphatic hydroxyl groups excluding tert-OH is 1. The largest absolute Gasteiger partial charge is 0.494 e. The molecule has 0 amide bonds. The van der Waals surface area contributed by atoms with E-state index in [1.54, 1.807) is 6.92 Å². The van der Waals surface area contributed by atoms with E-state index >= 15 is 0 Å². The summed E-state index contributed by atoms with van der Waals surface area (Å²) in [6.45, 7) is 8.11. The molecular weight excluding hydrogens is 176 g/mol. The van der Waals surface area contributed by atoms with E-state index in [0.29, 0.717) is 6.61 Å². The predicted octanol–water partition coefficient (Wildman–Crippen LogP) is 2.69. The summed E-state index contributed by atoms with van der Waals surface area (Å²) in [4.78, 5) is 0. The summed E-state index contributed by atoms with van der Waals surface area (Å²) in [6.07, 6.45) is -0.578. The Morgan fingerprint density at radius 2 is 2.00 bits per heavy atom. The van der Waals surface area contributed by atoms with Crippen molar-refractivity contribution in [2.24, 2.45) is 0 Å². The van der Waals surface area contributed by atoms with Crippen LogP contribution in [0.5, 0.6) is 5.75 Å². The molecule has 1 aromatic carbocycles. The highest BCUT2D eigenvalue weighted by Gasteiger charge is 2.07. The number of benzene rings is 1. The zero-order valence-electron chi connectivity index (χ0n) is 8.66. The second-order valence-corrected chi connectivity index (χ2v) is 3.25. The van der Waals surface area contributed by atoms with Gasteiger partial charge < -0.3 is 9.84 Å². The summed E-state index contributed by atoms with van der Waals surface area (Å²) < 4.78 is 5.30. The first-order valence-corrected chi connectivity index (χ1v) is 4.71. The number of ether oxygens (including phenoxy) is 1. The van der Waals surface area contributed by atoms with E-state index in [9.17, 15) is 5.11 Å². The molecule has 0 aromatic heterocycles. The van der Waals surface area contributed by atoms with Gasteiger partial charge in [-0.1, -0.05) is 18.7 Å². The molecule has 0 saturated carbocycles. The molecule has 76 valence electrons. The lowest BCUT2D eigenvalue weighted by Crippen LogP contribution is -1.98. The lowest BCUT2D eigenvalue weighted by Gasteiger charge is -2.11. The predicted molar refractivity (Wildman–Crippen MR) is 57.4 cm³/mol. The van der Waals surface area contributed by atoms with Crippen molar-refractivity contribution in [1.29, 1.82) is 0 Å². The van der Waals surface area contributed by atoms with Crippen molar-refractivity contribution >= 4 is 0 Å². The molecule has 1 rings (SSSR count). The minimum atomic E-state index is -0.578. The van der Waals surface area contributed by atoms with Gasteiger partial charge in [0.1, 0.15) is 5.75 Å². The maximum atomic E-state index is 9.68. The topological polar surface area (TPSA) is 29.5 Å². The molecule has 2 heteroatoms. The van der Waals surface area contributed by atoms with Gasteiger partial charge in [0.2, 0.25) is 0 Å². The van der Waals surface area contributed by atoms with Gasteiger partial charge >= 0.3 is 0 Å². The summed E-state index contributed by atoms with van der Waals surface area (Å²) in [5.41, 5.74) is 1.59. The average Bonchev–Trinajstić information content (AvgIpc) is 2.18. The molecule has 0 aliphatic rings. The fourth-order valence-electron chi connectivity index (χ4n) is 1.20. The summed E-state index contributed by atoms with van der Waals surface area (Å²) in [6, 6.07) is 7.41. The second kappa shape index (κ2) is 4.82. The van der Waals surface area contributed by atoms with Crippen LogP contribution in [0.25, 0.3) is 0 Å². The molecule has 0 saturated heterocycles. The van der Waals surface area contributed by atoms with Gasteiger partial charge in [0.05, 0.1) is 12.7 Å². The van der Waals surface area contributed by atoms with E-state index in [-0.39, 0.29) is 0 Å². The highest BCUT2D eigenvalue weighted by Crippen LogP contribution is 2.22. The molecule has 0 bridgehead atoms. The first-order chi connectivity index (χ1) is 6.65. The lowest BCUT2D eigenvalue weighted by molar-refractivity contribution is 0.216. The molecule has 0 heterocycles. The van der Waals surface area contributed by atoms with Crippen molar-refractivity contribution in [2.75, 3.05) is 6.61 Å². The molecule has 2 nitrogen and oxygen atoms in total. The second-order valence-electron chi connectivity index (χ2n) is 3.25. The molecular formula is C12H16O2. The van der Waals surface area contributed by atoms with Crippen LogP contribution in [-0.2, 0) is 0 Å². The molecule has 14 heavy (non-hydrogen) atoms. The maximum absolute atomic E-state index is 9.68. The van der Waals surface area contributed by atoms with E-state index in [2.05, 4.69) is 6.58 Å². The van der Waals surface area contributed by atoms with Crippen LogP contribution in [-0.4, -0.2) is 11.7 Å². The third-order valence-corrected chi connectivity index (χ3v) is 1.97. The molecule has 1 unspecified atom stereocenters. The van der Waals surface area contributed by atoms with Crippen molar-refractivity contribution in [3.63, 3.8) is 0 Å². The molecule has 0 aliphatic heterocycles. The van der Waals surface area contributed by atoms with E-state index in [0.717, 1.165) is 16.9 Å². The van der Waals surface area contributed by atoms with Gasteiger partial charge in [-0.3, -0.25) is 0 Å². The average molecular weight is 192 g/mol. The molecule has 1 aromatic rings. The summed E-state index contributed by atoms with van der Waals surface area (Å²) in [7, 11) is 0. The number of hydrogen-bond donors (Lipinski definition) is 1. The van der Waals surface area contributed by atoms with Gasteiger partial charge in [0.15, 0.2) is 0 Å². The van der Waals surface area contributed by atoms with Gasteiger partial charge in [0.25, 0.3) is 0 Å². The fraction of sp³-hybridized carbons (Fsp3) is 0.333. The third kappa shape index (κ3) is 2.60. The van der Waals surface area contributed by atoms with Crippen LogP contribution in [0, 0.1) is 0 Å². The smallest absolute Gasteiger partial charge is 0.119 e. The molecule has 0 spiro atoms. The minimum absolute atomic E-state index is 0.578. The number of hydrogen-bond acceptors (Lipinski definition) is 2. The van der Waals surface area contributed by atoms with Crippen LogP contribution >= 0.6 is 0 Å². The van der Waals surface area contributed by atoms with Crippen molar-refractivity contribution in [3.8, 4) is 5.75 Å². The highest BCUT2D eigenvalue weighted by molar-refractivity contribution is 5.31. The van der Waals surface area contributed by atoms with Crippen LogP contribution in [0.2, 0.25) is 0 Å². The Balaban J connectivity index is 2.77. The maximum Gasteiger partial charge on any atom is 0.119 e. The summed E-state index contributed by atoms with van der Waals surface area (Å²) in [5.74, 6) is 0.824. The van der Waals surface area contributed by atoms with Crippen LogP contribution in [0.3, 0.4) is 0 Å². The first kappa shape index (κ1) is 10.8. The number of aliphatic hydroxyl groups is 1. The van der Waals surface area contributed by atoms with E-state index in [4.69, 9.17) is 4.74 Å². The van der Waals surface area contributed by atoms with Gasteiger partial charge in [-0.2, -0.15) is 0 Å². The Morgan fingerprint density at radius 3 is 2.43 bits per heavy atom. The van der Waals surface area contributed by atoms with Crippen molar-refractivity contribution in [1.82, 2.24) is 0 Å². The lowest BCUT2D eigenvalue weighted by atomic mass is 10.0. The van der Waals surface area contributed by atoms with E-state index in [1.165, 1.54) is 0 Å². The fourth-order valence-corrected chi connectivity index (χ4v) is 1.20. The Hall–Kier alpha value is -1.28. The number of rotatable bonds is 4. The summed E-state index contributed by atoms with van der Waals surface area (Å²) >= 11 is 0. The molecule has 1 N–H and O–H groups in total. The SMILES string of the molecule is C=C(C)C(O)c1ccc(OCC)cc1. The molecule has 0 radical (unpaired) electrons. The Morgan fingerprint density at radius 1 is 1.43 bits per heavy atom. The van der Waals surface area contributed by atoms with Crippen LogP contribution < -0.4 is 4.74 Å².